The van der Waals surface area contributed by atoms with Crippen LogP contribution in [0.5, 0.6) is 5.75 Å². The SMILES string of the molecule is Fc1cc(F)c(OC(=S)Cl)c(F)c1. The van der Waals surface area contributed by atoms with E-state index in [1.165, 1.54) is 0 Å². The Kier molecular flexibility index (Phi) is 3.11. The van der Waals surface area contributed by atoms with Crippen LogP contribution >= 0.6 is 23.8 Å². The Hall–Kier alpha value is -0.810. The normalized spacial score (nSPS) is 9.85. The van der Waals surface area contributed by atoms with Crippen molar-refractivity contribution in [2.24, 2.45) is 0 Å². The van der Waals surface area contributed by atoms with Gasteiger partial charge in [0.15, 0.2) is 11.6 Å². The number of halogens is 4. The summed E-state index contributed by atoms with van der Waals surface area (Å²) in [5.41, 5.74) is 0. The van der Waals surface area contributed by atoms with E-state index >= 15 is 0 Å². The van der Waals surface area contributed by atoms with Gasteiger partial charge in [-0.1, -0.05) is 0 Å². The highest BCUT2D eigenvalue weighted by molar-refractivity contribution is 7.82. The molecule has 13 heavy (non-hydrogen) atoms. The summed E-state index contributed by atoms with van der Waals surface area (Å²) in [4.78, 5) is 0. The Morgan fingerprint density at radius 3 is 2.08 bits per heavy atom. The van der Waals surface area contributed by atoms with Crippen molar-refractivity contribution in [2.75, 3.05) is 0 Å². The summed E-state index contributed by atoms with van der Waals surface area (Å²) in [5.74, 6) is -4.23. The summed E-state index contributed by atoms with van der Waals surface area (Å²) in [5, 5.41) is 0. The average Bonchev–Trinajstić information content (AvgIpc) is 1.96. The Bertz CT molecular complexity index is 333. The third-order valence-electron chi connectivity index (χ3n) is 1.15. The van der Waals surface area contributed by atoms with Crippen molar-refractivity contribution < 1.29 is 17.9 Å². The Morgan fingerprint density at radius 2 is 1.69 bits per heavy atom. The van der Waals surface area contributed by atoms with Gasteiger partial charge in [0.05, 0.1) is 0 Å². The zero-order valence-electron chi connectivity index (χ0n) is 5.98. The monoisotopic (exact) mass is 226 g/mol. The fourth-order valence-electron chi connectivity index (χ4n) is 0.707. The number of thiocarbonyl (C=S) groups is 1. The predicted molar refractivity (Wildman–Crippen MR) is 45.4 cm³/mol. The van der Waals surface area contributed by atoms with Gasteiger partial charge in [-0.3, -0.25) is 0 Å². The molecule has 0 aliphatic heterocycles. The van der Waals surface area contributed by atoms with Gasteiger partial charge in [-0.15, -0.1) is 0 Å². The van der Waals surface area contributed by atoms with E-state index in [0.29, 0.717) is 12.1 Å². The second-order valence-corrected chi connectivity index (χ2v) is 2.98. The highest BCUT2D eigenvalue weighted by Crippen LogP contribution is 2.23. The molecule has 0 bridgehead atoms. The Labute approximate surface area is 82.1 Å². The fraction of sp³-hybridized carbons (Fsp3) is 0. The summed E-state index contributed by atoms with van der Waals surface area (Å²) in [6.07, 6.45) is 0. The molecule has 70 valence electrons. The molecule has 0 fully saturated rings. The fourth-order valence-corrected chi connectivity index (χ4v) is 0.867. The van der Waals surface area contributed by atoms with Crippen molar-refractivity contribution in [3.8, 4) is 5.75 Å². The molecular formula is C7H2ClF3OS. The number of ether oxygens (including phenoxy) is 1. The third kappa shape index (κ3) is 2.57. The van der Waals surface area contributed by atoms with Crippen LogP contribution in [0.15, 0.2) is 12.1 Å². The smallest absolute Gasteiger partial charge is 0.261 e. The van der Waals surface area contributed by atoms with E-state index < -0.39 is 27.7 Å². The van der Waals surface area contributed by atoms with Crippen LogP contribution in [0.4, 0.5) is 13.2 Å². The minimum Gasteiger partial charge on any atom is -0.429 e. The zero-order chi connectivity index (χ0) is 10.0. The first-order valence-electron chi connectivity index (χ1n) is 3.02. The second-order valence-electron chi connectivity index (χ2n) is 2.04. The molecule has 1 aromatic carbocycles. The standard InChI is InChI=1S/C7H2ClF3OS/c8-7(13)12-6-4(10)1-3(9)2-5(6)11/h1-2H. The van der Waals surface area contributed by atoms with Gasteiger partial charge in [0.25, 0.3) is 4.51 Å². The number of rotatable bonds is 1. The molecule has 6 heteroatoms. The van der Waals surface area contributed by atoms with Gasteiger partial charge < -0.3 is 4.74 Å². The first-order valence-corrected chi connectivity index (χ1v) is 3.81. The number of hydrogen-bond donors (Lipinski definition) is 0. The molecule has 0 aliphatic carbocycles. The van der Waals surface area contributed by atoms with Gasteiger partial charge in [-0.05, 0) is 23.8 Å². The molecule has 0 heterocycles. The topological polar surface area (TPSA) is 9.23 Å². The maximum Gasteiger partial charge on any atom is 0.261 e. The minimum absolute atomic E-state index is 0.466. The van der Waals surface area contributed by atoms with Crippen molar-refractivity contribution >= 4 is 28.3 Å². The van der Waals surface area contributed by atoms with Crippen molar-refractivity contribution in [1.82, 2.24) is 0 Å². The lowest BCUT2D eigenvalue weighted by atomic mass is 10.3. The van der Waals surface area contributed by atoms with Crippen LogP contribution < -0.4 is 4.74 Å². The lowest BCUT2D eigenvalue weighted by Gasteiger charge is -2.03. The highest BCUT2D eigenvalue weighted by Gasteiger charge is 2.13. The van der Waals surface area contributed by atoms with E-state index in [9.17, 15) is 13.2 Å². The van der Waals surface area contributed by atoms with Crippen LogP contribution in [0.2, 0.25) is 0 Å². The molecule has 0 radical (unpaired) electrons. The van der Waals surface area contributed by atoms with Crippen LogP contribution in [-0.2, 0) is 0 Å². The Morgan fingerprint density at radius 1 is 1.23 bits per heavy atom. The third-order valence-corrected chi connectivity index (χ3v) is 1.31. The molecule has 1 rings (SSSR count). The first-order chi connectivity index (χ1) is 6.00. The van der Waals surface area contributed by atoms with E-state index in [4.69, 9.17) is 11.6 Å². The first kappa shape index (κ1) is 10.3. The molecule has 0 atom stereocenters. The van der Waals surface area contributed by atoms with Crippen molar-refractivity contribution in [1.29, 1.82) is 0 Å². The van der Waals surface area contributed by atoms with Crippen LogP contribution in [0.1, 0.15) is 0 Å². The van der Waals surface area contributed by atoms with E-state index in [0.717, 1.165) is 0 Å². The van der Waals surface area contributed by atoms with Gasteiger partial charge in [0.1, 0.15) is 5.82 Å². The largest absolute Gasteiger partial charge is 0.429 e. The highest BCUT2D eigenvalue weighted by atomic mass is 35.5. The van der Waals surface area contributed by atoms with E-state index in [1.807, 2.05) is 0 Å². The van der Waals surface area contributed by atoms with Gasteiger partial charge >= 0.3 is 0 Å². The van der Waals surface area contributed by atoms with E-state index in [-0.39, 0.29) is 0 Å². The molecule has 0 amide bonds. The molecule has 0 unspecified atom stereocenters. The maximum atomic E-state index is 12.7. The number of benzene rings is 1. The summed E-state index contributed by atoms with van der Waals surface area (Å²) in [6.45, 7) is 0. The summed E-state index contributed by atoms with van der Waals surface area (Å²) >= 11 is 9.32. The lowest BCUT2D eigenvalue weighted by Crippen LogP contribution is -2.01. The quantitative estimate of drug-likeness (QED) is 0.538. The molecule has 0 spiro atoms. The lowest BCUT2D eigenvalue weighted by molar-refractivity contribution is 0.448. The van der Waals surface area contributed by atoms with E-state index in [1.54, 1.807) is 0 Å². The van der Waals surface area contributed by atoms with Gasteiger partial charge in [-0.2, -0.15) is 0 Å². The molecular weight excluding hydrogens is 225 g/mol. The minimum atomic E-state index is -1.19. The average molecular weight is 227 g/mol. The van der Waals surface area contributed by atoms with Crippen LogP contribution in [-0.4, -0.2) is 4.51 Å². The summed E-state index contributed by atoms with van der Waals surface area (Å²) in [7, 11) is 0. The zero-order valence-corrected chi connectivity index (χ0v) is 7.56. The van der Waals surface area contributed by atoms with E-state index in [2.05, 4.69) is 17.0 Å². The van der Waals surface area contributed by atoms with Crippen LogP contribution in [0.3, 0.4) is 0 Å². The molecule has 0 aromatic heterocycles. The van der Waals surface area contributed by atoms with Crippen molar-refractivity contribution in [3.63, 3.8) is 0 Å². The molecule has 1 aromatic rings. The second kappa shape index (κ2) is 3.93. The van der Waals surface area contributed by atoms with Gasteiger partial charge in [0, 0.05) is 12.1 Å². The molecule has 0 saturated heterocycles. The van der Waals surface area contributed by atoms with Gasteiger partial charge in [0.2, 0.25) is 5.75 Å². The van der Waals surface area contributed by atoms with Crippen molar-refractivity contribution in [3.05, 3.63) is 29.6 Å². The van der Waals surface area contributed by atoms with Crippen LogP contribution in [0.25, 0.3) is 0 Å². The van der Waals surface area contributed by atoms with Crippen molar-refractivity contribution in [2.45, 2.75) is 0 Å². The summed E-state index contributed by atoms with van der Waals surface area (Å²) in [6, 6.07) is 0.932. The van der Waals surface area contributed by atoms with Gasteiger partial charge in [-0.25, -0.2) is 13.2 Å². The Balaban J connectivity index is 3.13. The number of hydrogen-bond acceptors (Lipinski definition) is 2. The van der Waals surface area contributed by atoms with Crippen LogP contribution in [0, 0.1) is 17.5 Å². The molecule has 0 saturated carbocycles. The summed E-state index contributed by atoms with van der Waals surface area (Å²) < 4.78 is 41.6. The predicted octanol–water partition coefficient (Wildman–Crippen LogP) is 3.01. The molecule has 0 N–H and O–H groups in total. The molecule has 0 aliphatic rings. The molecule has 1 nitrogen and oxygen atoms in total. The maximum absolute atomic E-state index is 12.7.